The average molecular weight is 329 g/mol. The Morgan fingerprint density at radius 2 is 1.79 bits per heavy atom. The number of piperazine rings is 1. The summed E-state index contributed by atoms with van der Waals surface area (Å²) >= 11 is 0. The van der Waals surface area contributed by atoms with Gasteiger partial charge in [-0.3, -0.25) is 9.69 Å². The maximum atomic E-state index is 12.2. The van der Waals surface area contributed by atoms with E-state index in [-0.39, 0.29) is 11.4 Å². The van der Waals surface area contributed by atoms with Crippen LogP contribution >= 0.6 is 0 Å². The average Bonchev–Trinajstić information content (AvgIpc) is 2.61. The molecule has 0 aromatic heterocycles. The quantitative estimate of drug-likeness (QED) is 0.815. The Morgan fingerprint density at radius 1 is 1.17 bits per heavy atom. The highest BCUT2D eigenvalue weighted by Gasteiger charge is 2.29. The second-order valence-electron chi connectivity index (χ2n) is 7.14. The largest absolute Gasteiger partial charge is 0.351 e. The van der Waals surface area contributed by atoms with Crippen LogP contribution in [0.4, 0.5) is 0 Å². The van der Waals surface area contributed by atoms with Gasteiger partial charge in [-0.25, -0.2) is 0 Å². The molecule has 0 saturated carbocycles. The lowest BCUT2D eigenvalue weighted by Crippen LogP contribution is -2.58. The summed E-state index contributed by atoms with van der Waals surface area (Å²) in [6.07, 6.45) is 1.69. The number of amides is 1. The van der Waals surface area contributed by atoms with Gasteiger partial charge in [0.25, 0.3) is 0 Å². The van der Waals surface area contributed by atoms with Gasteiger partial charge in [0, 0.05) is 44.3 Å². The fraction of sp³-hybridized carbons (Fsp3) is 0.550. The lowest BCUT2D eigenvalue weighted by molar-refractivity contribution is -0.117. The molecule has 0 unspecified atom stereocenters. The SMILES string of the molecule is CCN1CCN(C(C)(C)CNC(=O)/C=C(\C)c2ccccc2)CC1. The third-order valence-electron chi connectivity index (χ3n) is 4.95. The van der Waals surface area contributed by atoms with Gasteiger partial charge in [0.05, 0.1) is 0 Å². The van der Waals surface area contributed by atoms with Gasteiger partial charge >= 0.3 is 0 Å². The number of hydrogen-bond donors (Lipinski definition) is 1. The van der Waals surface area contributed by atoms with Crippen LogP contribution in [0.3, 0.4) is 0 Å². The van der Waals surface area contributed by atoms with E-state index in [0.29, 0.717) is 6.54 Å². The first kappa shape index (κ1) is 18.7. The van der Waals surface area contributed by atoms with E-state index in [0.717, 1.165) is 43.9 Å². The van der Waals surface area contributed by atoms with Crippen molar-refractivity contribution >= 4 is 11.5 Å². The van der Waals surface area contributed by atoms with Crippen molar-refractivity contribution in [1.29, 1.82) is 0 Å². The third-order valence-corrected chi connectivity index (χ3v) is 4.95. The second kappa shape index (κ2) is 8.45. The van der Waals surface area contributed by atoms with Crippen LogP contribution in [0.15, 0.2) is 36.4 Å². The van der Waals surface area contributed by atoms with Gasteiger partial charge in [-0.05, 0) is 38.5 Å². The van der Waals surface area contributed by atoms with E-state index in [1.807, 2.05) is 37.3 Å². The number of benzene rings is 1. The molecule has 1 aliphatic rings. The van der Waals surface area contributed by atoms with Crippen LogP contribution in [0.25, 0.3) is 5.57 Å². The molecule has 0 bridgehead atoms. The Kier molecular flexibility index (Phi) is 6.58. The van der Waals surface area contributed by atoms with E-state index < -0.39 is 0 Å². The van der Waals surface area contributed by atoms with E-state index in [2.05, 4.69) is 35.9 Å². The van der Waals surface area contributed by atoms with E-state index in [1.165, 1.54) is 0 Å². The van der Waals surface area contributed by atoms with Gasteiger partial charge in [-0.2, -0.15) is 0 Å². The van der Waals surface area contributed by atoms with E-state index in [1.54, 1.807) is 6.08 Å². The number of carbonyl (C=O) groups is 1. The molecule has 0 atom stereocenters. The molecular formula is C20H31N3O. The minimum absolute atomic E-state index is 0.0170. The summed E-state index contributed by atoms with van der Waals surface area (Å²) in [6, 6.07) is 10.0. The minimum atomic E-state index is -0.0238. The van der Waals surface area contributed by atoms with E-state index >= 15 is 0 Å². The molecule has 1 amide bonds. The fourth-order valence-electron chi connectivity index (χ4n) is 3.12. The van der Waals surface area contributed by atoms with Gasteiger partial charge < -0.3 is 10.2 Å². The summed E-state index contributed by atoms with van der Waals surface area (Å²) in [7, 11) is 0. The van der Waals surface area contributed by atoms with Crippen molar-refractivity contribution in [2.24, 2.45) is 0 Å². The second-order valence-corrected chi connectivity index (χ2v) is 7.14. The standard InChI is InChI=1S/C20H31N3O/c1-5-22-11-13-23(14-12-22)20(3,4)16-21-19(24)15-17(2)18-9-7-6-8-10-18/h6-10,15H,5,11-14,16H2,1-4H3,(H,21,24)/b17-15+. The van der Waals surface area contributed by atoms with Crippen molar-refractivity contribution in [2.75, 3.05) is 39.3 Å². The Balaban J connectivity index is 1.86. The third kappa shape index (κ3) is 5.18. The molecule has 4 heteroatoms. The summed E-state index contributed by atoms with van der Waals surface area (Å²) < 4.78 is 0. The molecule has 24 heavy (non-hydrogen) atoms. The summed E-state index contributed by atoms with van der Waals surface area (Å²) in [6.45, 7) is 14.7. The first-order chi connectivity index (χ1) is 11.4. The van der Waals surface area contributed by atoms with Crippen molar-refractivity contribution < 1.29 is 4.79 Å². The lowest BCUT2D eigenvalue weighted by Gasteiger charge is -2.44. The van der Waals surface area contributed by atoms with Crippen LogP contribution in [-0.2, 0) is 4.79 Å². The van der Waals surface area contributed by atoms with Crippen molar-refractivity contribution in [3.63, 3.8) is 0 Å². The van der Waals surface area contributed by atoms with Gasteiger partial charge in [0.2, 0.25) is 5.91 Å². The molecule has 1 aliphatic heterocycles. The van der Waals surface area contributed by atoms with E-state index in [9.17, 15) is 4.79 Å². The monoisotopic (exact) mass is 329 g/mol. The van der Waals surface area contributed by atoms with Crippen LogP contribution in [0.2, 0.25) is 0 Å². The Bertz CT molecular complexity index is 558. The summed E-state index contributed by atoms with van der Waals surface area (Å²) in [5.41, 5.74) is 2.05. The van der Waals surface area contributed by atoms with Gasteiger partial charge in [0.1, 0.15) is 0 Å². The highest BCUT2D eigenvalue weighted by atomic mass is 16.1. The van der Waals surface area contributed by atoms with Crippen LogP contribution in [0.5, 0.6) is 0 Å². The normalized spacial score (nSPS) is 17.8. The molecule has 1 heterocycles. The highest BCUT2D eigenvalue weighted by molar-refractivity contribution is 5.94. The first-order valence-corrected chi connectivity index (χ1v) is 8.91. The van der Waals surface area contributed by atoms with Gasteiger partial charge in [0.15, 0.2) is 0 Å². The van der Waals surface area contributed by atoms with Crippen molar-refractivity contribution in [2.45, 2.75) is 33.2 Å². The number of nitrogens with zero attached hydrogens (tertiary/aromatic N) is 2. The number of nitrogens with one attached hydrogen (secondary N) is 1. The number of allylic oxidation sites excluding steroid dienone is 1. The zero-order valence-electron chi connectivity index (χ0n) is 15.5. The van der Waals surface area contributed by atoms with Gasteiger partial charge in [-0.15, -0.1) is 0 Å². The summed E-state index contributed by atoms with van der Waals surface area (Å²) in [4.78, 5) is 17.2. The topological polar surface area (TPSA) is 35.6 Å². The van der Waals surface area contributed by atoms with Crippen LogP contribution < -0.4 is 5.32 Å². The van der Waals surface area contributed by atoms with Crippen molar-refractivity contribution in [3.8, 4) is 0 Å². The van der Waals surface area contributed by atoms with Crippen LogP contribution in [-0.4, -0.2) is 60.5 Å². The summed E-state index contributed by atoms with van der Waals surface area (Å²) in [5.74, 6) is -0.0170. The molecule has 1 N–H and O–H groups in total. The molecule has 2 rings (SSSR count). The van der Waals surface area contributed by atoms with Crippen LogP contribution in [0, 0.1) is 0 Å². The molecule has 0 radical (unpaired) electrons. The molecular weight excluding hydrogens is 298 g/mol. The first-order valence-electron chi connectivity index (χ1n) is 8.91. The van der Waals surface area contributed by atoms with Crippen LogP contribution in [0.1, 0.15) is 33.3 Å². The zero-order chi connectivity index (χ0) is 17.6. The molecule has 1 saturated heterocycles. The fourth-order valence-corrected chi connectivity index (χ4v) is 3.12. The molecule has 4 nitrogen and oxygen atoms in total. The predicted molar refractivity (Wildman–Crippen MR) is 101 cm³/mol. The molecule has 1 fully saturated rings. The van der Waals surface area contributed by atoms with Gasteiger partial charge in [-0.1, -0.05) is 37.3 Å². The Morgan fingerprint density at radius 3 is 2.38 bits per heavy atom. The van der Waals surface area contributed by atoms with Crippen molar-refractivity contribution in [3.05, 3.63) is 42.0 Å². The number of hydrogen-bond acceptors (Lipinski definition) is 3. The molecule has 132 valence electrons. The number of rotatable bonds is 6. The highest BCUT2D eigenvalue weighted by Crippen LogP contribution is 2.16. The molecule has 1 aromatic carbocycles. The summed E-state index contributed by atoms with van der Waals surface area (Å²) in [5, 5.41) is 3.08. The maximum Gasteiger partial charge on any atom is 0.244 e. The zero-order valence-corrected chi connectivity index (χ0v) is 15.5. The molecule has 0 aliphatic carbocycles. The molecule has 1 aromatic rings. The maximum absolute atomic E-state index is 12.2. The predicted octanol–water partition coefficient (Wildman–Crippen LogP) is 2.62. The van der Waals surface area contributed by atoms with E-state index in [4.69, 9.17) is 0 Å². The Hall–Kier alpha value is -1.65. The minimum Gasteiger partial charge on any atom is -0.351 e. The number of likely N-dealkylation sites (N-methyl/N-ethyl adjacent to an activating group) is 1. The van der Waals surface area contributed by atoms with Crippen molar-refractivity contribution in [1.82, 2.24) is 15.1 Å². The lowest BCUT2D eigenvalue weighted by atomic mass is 10.0. The Labute approximate surface area is 146 Å². The smallest absolute Gasteiger partial charge is 0.244 e. The molecule has 0 spiro atoms. The number of carbonyl (C=O) groups excluding carboxylic acids is 1.